The Bertz CT molecular complexity index is 695. The first-order valence-electron chi connectivity index (χ1n) is 9.09. The van der Waals surface area contributed by atoms with E-state index in [1.54, 1.807) is 11.3 Å². The van der Waals surface area contributed by atoms with Crippen molar-refractivity contribution in [3.8, 4) is 0 Å². The van der Waals surface area contributed by atoms with Gasteiger partial charge in [-0.3, -0.25) is 4.79 Å². The Morgan fingerprint density at radius 2 is 1.88 bits per heavy atom. The van der Waals surface area contributed by atoms with Crippen molar-refractivity contribution in [3.05, 3.63) is 52.7 Å². The number of nitrogens with zero attached hydrogens (tertiary/aromatic N) is 1. The summed E-state index contributed by atoms with van der Waals surface area (Å²) in [5.41, 5.74) is 1.90. The Morgan fingerprint density at radius 3 is 2.58 bits per heavy atom. The summed E-state index contributed by atoms with van der Waals surface area (Å²) in [4.78, 5) is 26.1. The third-order valence-corrected chi connectivity index (χ3v) is 5.48. The molecule has 3 amide bonds. The summed E-state index contributed by atoms with van der Waals surface area (Å²) < 4.78 is 0. The number of thiophene rings is 1. The average Bonchev–Trinajstić information content (AvgIpc) is 3.16. The predicted octanol–water partition coefficient (Wildman–Crippen LogP) is 3.74. The summed E-state index contributed by atoms with van der Waals surface area (Å²) in [6.07, 6.45) is 3.41. The van der Waals surface area contributed by atoms with Gasteiger partial charge in [0.1, 0.15) is 0 Å². The molecular formula is C20H25N3O2S. The number of carbonyl (C=O) groups excluding carboxylic acids is 2. The molecule has 0 bridgehead atoms. The SMILES string of the molecule is O=C(Cc1ccsc1)NCCC1CCN(C(=O)Nc2ccccc2)CC1. The number of nitrogens with one attached hydrogen (secondary N) is 2. The molecule has 0 atom stereocenters. The molecule has 0 aliphatic carbocycles. The summed E-state index contributed by atoms with van der Waals surface area (Å²) in [6, 6.07) is 11.5. The minimum atomic E-state index is -0.0290. The van der Waals surface area contributed by atoms with E-state index in [0.717, 1.165) is 43.6 Å². The van der Waals surface area contributed by atoms with E-state index < -0.39 is 0 Å². The summed E-state index contributed by atoms with van der Waals surface area (Å²) in [6.45, 7) is 2.25. The van der Waals surface area contributed by atoms with Crippen LogP contribution in [0.1, 0.15) is 24.8 Å². The molecule has 2 aromatic rings. The van der Waals surface area contributed by atoms with E-state index in [1.807, 2.05) is 52.1 Å². The fourth-order valence-corrected chi connectivity index (χ4v) is 3.87. The van der Waals surface area contributed by atoms with E-state index in [9.17, 15) is 9.59 Å². The van der Waals surface area contributed by atoms with Crippen LogP contribution in [-0.4, -0.2) is 36.5 Å². The first-order valence-corrected chi connectivity index (χ1v) is 10.0. The standard InChI is InChI=1S/C20H25N3O2S/c24-19(14-17-9-13-26-15-17)21-10-6-16-7-11-23(12-8-16)20(25)22-18-4-2-1-3-5-18/h1-5,9,13,15-16H,6-8,10-12,14H2,(H,21,24)(H,22,25). The van der Waals surface area contributed by atoms with Gasteiger partial charge in [-0.25, -0.2) is 4.79 Å². The van der Waals surface area contributed by atoms with Gasteiger partial charge in [-0.1, -0.05) is 18.2 Å². The Morgan fingerprint density at radius 1 is 1.12 bits per heavy atom. The quantitative estimate of drug-likeness (QED) is 0.812. The van der Waals surface area contributed by atoms with Crippen LogP contribution in [0.3, 0.4) is 0 Å². The third-order valence-electron chi connectivity index (χ3n) is 4.75. The number of rotatable bonds is 6. The maximum Gasteiger partial charge on any atom is 0.321 e. The summed E-state index contributed by atoms with van der Waals surface area (Å²) in [5.74, 6) is 0.653. The first kappa shape index (κ1) is 18.5. The zero-order valence-electron chi connectivity index (χ0n) is 14.8. The monoisotopic (exact) mass is 371 g/mol. The second kappa shape index (κ2) is 9.38. The van der Waals surface area contributed by atoms with E-state index in [1.165, 1.54) is 0 Å². The number of hydrogen-bond acceptors (Lipinski definition) is 3. The number of carbonyl (C=O) groups is 2. The van der Waals surface area contributed by atoms with Gasteiger partial charge in [0.15, 0.2) is 0 Å². The Labute approximate surface area is 158 Å². The second-order valence-corrected chi connectivity index (χ2v) is 7.45. The van der Waals surface area contributed by atoms with Gasteiger partial charge < -0.3 is 15.5 Å². The molecule has 1 fully saturated rings. The second-order valence-electron chi connectivity index (χ2n) is 6.67. The van der Waals surface area contributed by atoms with Gasteiger partial charge in [-0.15, -0.1) is 0 Å². The van der Waals surface area contributed by atoms with Crippen molar-refractivity contribution >= 4 is 29.0 Å². The lowest BCUT2D eigenvalue weighted by atomic mass is 9.93. The van der Waals surface area contributed by atoms with Crippen molar-refractivity contribution in [2.45, 2.75) is 25.7 Å². The lowest BCUT2D eigenvalue weighted by Crippen LogP contribution is -2.41. The number of para-hydroxylation sites is 1. The van der Waals surface area contributed by atoms with Crippen molar-refractivity contribution in [3.63, 3.8) is 0 Å². The number of piperidine rings is 1. The van der Waals surface area contributed by atoms with E-state index in [4.69, 9.17) is 0 Å². The molecule has 0 unspecified atom stereocenters. The number of likely N-dealkylation sites (tertiary alicyclic amines) is 1. The highest BCUT2D eigenvalue weighted by atomic mass is 32.1. The smallest absolute Gasteiger partial charge is 0.321 e. The average molecular weight is 372 g/mol. The molecule has 0 radical (unpaired) electrons. The van der Waals surface area contributed by atoms with E-state index in [2.05, 4.69) is 10.6 Å². The van der Waals surface area contributed by atoms with Crippen LogP contribution in [0.15, 0.2) is 47.2 Å². The zero-order chi connectivity index (χ0) is 18.2. The number of amides is 3. The molecule has 1 aliphatic heterocycles. The molecule has 6 heteroatoms. The maximum atomic E-state index is 12.3. The van der Waals surface area contributed by atoms with Crippen molar-refractivity contribution in [2.75, 3.05) is 25.0 Å². The van der Waals surface area contributed by atoms with Crippen LogP contribution < -0.4 is 10.6 Å². The fraction of sp³-hybridized carbons (Fsp3) is 0.400. The Balaban J connectivity index is 1.32. The van der Waals surface area contributed by atoms with Crippen LogP contribution >= 0.6 is 11.3 Å². The maximum absolute atomic E-state index is 12.3. The molecule has 26 heavy (non-hydrogen) atoms. The van der Waals surface area contributed by atoms with Crippen molar-refractivity contribution in [1.29, 1.82) is 0 Å². The normalized spacial score (nSPS) is 14.8. The van der Waals surface area contributed by atoms with Crippen LogP contribution in [-0.2, 0) is 11.2 Å². The lowest BCUT2D eigenvalue weighted by Gasteiger charge is -2.32. The van der Waals surface area contributed by atoms with Gasteiger partial charge in [0.25, 0.3) is 0 Å². The molecule has 1 aromatic carbocycles. The molecule has 1 aromatic heterocycles. The van der Waals surface area contributed by atoms with Gasteiger partial charge >= 0.3 is 6.03 Å². The van der Waals surface area contributed by atoms with Gasteiger partial charge in [0, 0.05) is 25.3 Å². The largest absolute Gasteiger partial charge is 0.356 e. The van der Waals surface area contributed by atoms with Crippen LogP contribution in [0, 0.1) is 5.92 Å². The minimum Gasteiger partial charge on any atom is -0.356 e. The molecule has 138 valence electrons. The summed E-state index contributed by atoms with van der Waals surface area (Å²) in [5, 5.41) is 9.94. The molecule has 2 heterocycles. The zero-order valence-corrected chi connectivity index (χ0v) is 15.6. The summed E-state index contributed by atoms with van der Waals surface area (Å²) >= 11 is 1.61. The number of urea groups is 1. The van der Waals surface area contributed by atoms with Crippen LogP contribution in [0.2, 0.25) is 0 Å². The van der Waals surface area contributed by atoms with Crippen molar-refractivity contribution in [1.82, 2.24) is 10.2 Å². The van der Waals surface area contributed by atoms with Crippen molar-refractivity contribution < 1.29 is 9.59 Å². The molecular weight excluding hydrogens is 346 g/mol. The topological polar surface area (TPSA) is 61.4 Å². The highest BCUT2D eigenvalue weighted by Crippen LogP contribution is 2.21. The Hall–Kier alpha value is -2.34. The third kappa shape index (κ3) is 5.59. The van der Waals surface area contributed by atoms with Gasteiger partial charge in [-0.05, 0) is 59.7 Å². The van der Waals surface area contributed by atoms with E-state index in [0.29, 0.717) is 18.9 Å². The van der Waals surface area contributed by atoms with Gasteiger partial charge in [0.05, 0.1) is 6.42 Å². The number of hydrogen-bond donors (Lipinski definition) is 2. The van der Waals surface area contributed by atoms with Crippen LogP contribution in [0.5, 0.6) is 0 Å². The van der Waals surface area contributed by atoms with Gasteiger partial charge in [-0.2, -0.15) is 11.3 Å². The molecule has 2 N–H and O–H groups in total. The fourth-order valence-electron chi connectivity index (χ4n) is 3.21. The minimum absolute atomic E-state index is 0.0290. The number of anilines is 1. The van der Waals surface area contributed by atoms with Crippen LogP contribution in [0.25, 0.3) is 0 Å². The van der Waals surface area contributed by atoms with Crippen molar-refractivity contribution in [2.24, 2.45) is 5.92 Å². The lowest BCUT2D eigenvalue weighted by molar-refractivity contribution is -0.120. The molecule has 1 aliphatic rings. The molecule has 0 spiro atoms. The number of benzene rings is 1. The van der Waals surface area contributed by atoms with E-state index in [-0.39, 0.29) is 11.9 Å². The molecule has 3 rings (SSSR count). The Kier molecular flexibility index (Phi) is 6.66. The van der Waals surface area contributed by atoms with Gasteiger partial charge in [0.2, 0.25) is 5.91 Å². The first-order chi connectivity index (χ1) is 12.7. The summed E-state index contributed by atoms with van der Waals surface area (Å²) in [7, 11) is 0. The highest BCUT2D eigenvalue weighted by Gasteiger charge is 2.22. The predicted molar refractivity (Wildman–Crippen MR) is 105 cm³/mol. The van der Waals surface area contributed by atoms with Crippen LogP contribution in [0.4, 0.5) is 10.5 Å². The molecule has 5 nitrogen and oxygen atoms in total. The molecule has 1 saturated heterocycles. The highest BCUT2D eigenvalue weighted by molar-refractivity contribution is 7.08. The molecule has 0 saturated carbocycles. The van der Waals surface area contributed by atoms with E-state index >= 15 is 0 Å².